The molecule has 4 nitrogen and oxygen atoms in total. The Morgan fingerprint density at radius 1 is 1.14 bits per heavy atom. The molecular formula is C16H18ClNO3. The normalized spacial score (nSPS) is 21.1. The minimum atomic E-state index is -1.10. The number of rotatable bonds is 3. The van der Waals surface area contributed by atoms with Crippen LogP contribution < -0.4 is 0 Å². The van der Waals surface area contributed by atoms with Gasteiger partial charge in [-0.25, -0.2) is 0 Å². The van der Waals surface area contributed by atoms with Gasteiger partial charge in [-0.2, -0.15) is 0 Å². The van der Waals surface area contributed by atoms with Gasteiger partial charge in [0.05, 0.1) is 0 Å². The maximum atomic E-state index is 12.3. The first-order valence-electron chi connectivity index (χ1n) is 7.31. The fourth-order valence-corrected chi connectivity index (χ4v) is 3.22. The minimum absolute atomic E-state index is 0.190. The molecule has 1 heterocycles. The number of halogens is 1. The number of carboxylic acids is 1. The average molecular weight is 308 g/mol. The summed E-state index contributed by atoms with van der Waals surface area (Å²) in [4.78, 5) is 25.3. The zero-order chi connectivity index (χ0) is 15.0. The van der Waals surface area contributed by atoms with Gasteiger partial charge in [0.15, 0.2) is 0 Å². The van der Waals surface area contributed by atoms with E-state index in [0.29, 0.717) is 31.8 Å². The highest BCUT2D eigenvalue weighted by Gasteiger charge is 2.58. The summed E-state index contributed by atoms with van der Waals surface area (Å²) < 4.78 is 0. The molecule has 1 aromatic carbocycles. The summed E-state index contributed by atoms with van der Waals surface area (Å²) in [5.41, 5.74) is 0.137. The highest BCUT2D eigenvalue weighted by molar-refractivity contribution is 6.30. The van der Waals surface area contributed by atoms with Gasteiger partial charge in [0.1, 0.15) is 5.41 Å². The van der Waals surface area contributed by atoms with Crippen LogP contribution in [0.25, 0.3) is 0 Å². The van der Waals surface area contributed by atoms with E-state index >= 15 is 0 Å². The number of hydrogen-bond donors (Lipinski definition) is 1. The van der Waals surface area contributed by atoms with Crippen LogP contribution in [-0.4, -0.2) is 35.0 Å². The van der Waals surface area contributed by atoms with E-state index < -0.39 is 11.4 Å². The molecule has 1 saturated heterocycles. The second kappa shape index (κ2) is 5.34. The predicted octanol–water partition coefficient (Wildman–Crippen LogP) is 2.91. The Kier molecular flexibility index (Phi) is 3.66. The molecule has 1 saturated carbocycles. The Morgan fingerprint density at radius 2 is 1.71 bits per heavy atom. The number of piperidine rings is 1. The molecule has 112 valence electrons. The van der Waals surface area contributed by atoms with Gasteiger partial charge >= 0.3 is 5.97 Å². The lowest BCUT2D eigenvalue weighted by atomic mass is 9.89. The SMILES string of the molecule is O=C(O)C1(C(=O)N2CCC(c3ccc(Cl)cc3)CC2)CC1. The summed E-state index contributed by atoms with van der Waals surface area (Å²) in [7, 11) is 0. The van der Waals surface area contributed by atoms with Crippen LogP contribution in [0.5, 0.6) is 0 Å². The van der Waals surface area contributed by atoms with Gasteiger partial charge in [-0.15, -0.1) is 0 Å². The zero-order valence-electron chi connectivity index (χ0n) is 11.7. The molecule has 0 radical (unpaired) electrons. The van der Waals surface area contributed by atoms with Crippen LogP contribution in [-0.2, 0) is 9.59 Å². The number of carbonyl (C=O) groups excluding carboxylic acids is 1. The van der Waals surface area contributed by atoms with E-state index in [0.717, 1.165) is 17.9 Å². The molecule has 1 aliphatic carbocycles. The first-order chi connectivity index (χ1) is 10.0. The Labute approximate surface area is 128 Å². The molecule has 0 spiro atoms. The van der Waals surface area contributed by atoms with Gasteiger partial charge in [-0.05, 0) is 49.3 Å². The average Bonchev–Trinajstić information content (AvgIpc) is 3.29. The summed E-state index contributed by atoms with van der Waals surface area (Å²) in [6.07, 6.45) is 2.72. The maximum absolute atomic E-state index is 12.3. The Hall–Kier alpha value is -1.55. The van der Waals surface area contributed by atoms with Crippen molar-refractivity contribution in [3.8, 4) is 0 Å². The maximum Gasteiger partial charge on any atom is 0.319 e. The quantitative estimate of drug-likeness (QED) is 0.874. The summed E-state index contributed by atoms with van der Waals surface area (Å²) in [5, 5.41) is 9.93. The van der Waals surface area contributed by atoms with Gasteiger partial charge in [-0.1, -0.05) is 23.7 Å². The van der Waals surface area contributed by atoms with Gasteiger partial charge in [0, 0.05) is 18.1 Å². The fourth-order valence-electron chi connectivity index (χ4n) is 3.10. The van der Waals surface area contributed by atoms with Crippen LogP contribution in [0, 0.1) is 5.41 Å². The molecule has 1 N–H and O–H groups in total. The molecule has 5 heteroatoms. The smallest absolute Gasteiger partial charge is 0.319 e. The molecule has 1 amide bonds. The molecule has 2 aliphatic rings. The molecule has 0 aromatic heterocycles. The van der Waals surface area contributed by atoms with Crippen LogP contribution in [0.15, 0.2) is 24.3 Å². The number of hydrogen-bond acceptors (Lipinski definition) is 2. The molecule has 3 rings (SSSR count). The lowest BCUT2D eigenvalue weighted by molar-refractivity contribution is -0.153. The second-order valence-corrected chi connectivity index (χ2v) is 6.44. The first kappa shape index (κ1) is 14.4. The largest absolute Gasteiger partial charge is 0.480 e. The molecule has 0 atom stereocenters. The van der Waals surface area contributed by atoms with E-state index in [2.05, 4.69) is 0 Å². The van der Waals surface area contributed by atoms with Crippen LogP contribution in [0.4, 0.5) is 0 Å². The van der Waals surface area contributed by atoms with Crippen molar-refractivity contribution in [3.63, 3.8) is 0 Å². The fraction of sp³-hybridized carbons (Fsp3) is 0.500. The van der Waals surface area contributed by atoms with Crippen LogP contribution in [0.2, 0.25) is 5.02 Å². The van der Waals surface area contributed by atoms with Gasteiger partial charge in [0.25, 0.3) is 0 Å². The van der Waals surface area contributed by atoms with Crippen molar-refractivity contribution < 1.29 is 14.7 Å². The molecule has 21 heavy (non-hydrogen) atoms. The topological polar surface area (TPSA) is 57.6 Å². The van der Waals surface area contributed by atoms with E-state index in [-0.39, 0.29) is 5.91 Å². The van der Waals surface area contributed by atoms with Crippen molar-refractivity contribution in [1.29, 1.82) is 0 Å². The van der Waals surface area contributed by atoms with E-state index in [9.17, 15) is 14.7 Å². The van der Waals surface area contributed by atoms with Crippen LogP contribution in [0.1, 0.15) is 37.2 Å². The van der Waals surface area contributed by atoms with Crippen LogP contribution in [0.3, 0.4) is 0 Å². The lowest BCUT2D eigenvalue weighted by Crippen LogP contribution is -2.44. The van der Waals surface area contributed by atoms with Crippen molar-refractivity contribution in [2.75, 3.05) is 13.1 Å². The number of carboxylic acid groups (broad SMARTS) is 1. The Balaban J connectivity index is 1.62. The number of likely N-dealkylation sites (tertiary alicyclic amines) is 1. The van der Waals surface area contributed by atoms with Gasteiger partial charge in [0.2, 0.25) is 5.91 Å². The standard InChI is InChI=1S/C16H18ClNO3/c17-13-3-1-11(2-4-13)12-5-9-18(10-6-12)14(19)16(7-8-16)15(20)21/h1-4,12H,5-10H2,(H,20,21). The van der Waals surface area contributed by atoms with Crippen molar-refractivity contribution in [2.45, 2.75) is 31.6 Å². The summed E-state index contributed by atoms with van der Waals surface area (Å²) in [6, 6.07) is 7.84. The van der Waals surface area contributed by atoms with Gasteiger partial charge < -0.3 is 10.0 Å². The van der Waals surface area contributed by atoms with Crippen molar-refractivity contribution in [3.05, 3.63) is 34.9 Å². The number of aliphatic carboxylic acids is 1. The van der Waals surface area contributed by atoms with Gasteiger partial charge in [-0.3, -0.25) is 9.59 Å². The third-order valence-corrected chi connectivity index (χ3v) is 4.94. The van der Waals surface area contributed by atoms with Crippen molar-refractivity contribution in [1.82, 2.24) is 4.90 Å². The number of nitrogens with zero attached hydrogens (tertiary/aromatic N) is 1. The minimum Gasteiger partial charge on any atom is -0.480 e. The zero-order valence-corrected chi connectivity index (χ0v) is 12.5. The molecular weight excluding hydrogens is 290 g/mol. The number of carbonyl (C=O) groups is 2. The highest BCUT2D eigenvalue weighted by Crippen LogP contribution is 2.48. The second-order valence-electron chi connectivity index (χ2n) is 6.01. The van der Waals surface area contributed by atoms with E-state index in [1.165, 1.54) is 5.56 Å². The predicted molar refractivity (Wildman–Crippen MR) is 79.3 cm³/mol. The first-order valence-corrected chi connectivity index (χ1v) is 7.69. The Bertz CT molecular complexity index is 557. The summed E-state index contributed by atoms with van der Waals surface area (Å²) in [6.45, 7) is 1.28. The molecule has 0 unspecified atom stereocenters. The highest BCUT2D eigenvalue weighted by atomic mass is 35.5. The van der Waals surface area contributed by atoms with Crippen molar-refractivity contribution >= 4 is 23.5 Å². The Morgan fingerprint density at radius 3 is 2.19 bits per heavy atom. The molecule has 1 aliphatic heterocycles. The van der Waals surface area contributed by atoms with E-state index in [1.807, 2.05) is 24.3 Å². The third kappa shape index (κ3) is 2.64. The molecule has 0 bridgehead atoms. The molecule has 2 fully saturated rings. The summed E-state index contributed by atoms with van der Waals surface area (Å²) in [5.74, 6) is -0.733. The monoisotopic (exact) mass is 307 g/mol. The van der Waals surface area contributed by atoms with Crippen molar-refractivity contribution in [2.24, 2.45) is 5.41 Å². The molecule has 1 aromatic rings. The van der Waals surface area contributed by atoms with Crippen LogP contribution >= 0.6 is 11.6 Å². The third-order valence-electron chi connectivity index (χ3n) is 4.69. The lowest BCUT2D eigenvalue weighted by Gasteiger charge is -2.33. The number of benzene rings is 1. The summed E-state index contributed by atoms with van der Waals surface area (Å²) >= 11 is 5.89. The van der Waals surface area contributed by atoms with E-state index in [1.54, 1.807) is 4.90 Å². The number of amides is 1. The van der Waals surface area contributed by atoms with E-state index in [4.69, 9.17) is 11.6 Å².